The number of hydrogen-bond acceptors (Lipinski definition) is 4. The summed E-state index contributed by atoms with van der Waals surface area (Å²) in [5.74, 6) is -5.03. The number of rotatable bonds is 8. The number of alkyl halides is 3. The van der Waals surface area contributed by atoms with Crippen LogP contribution in [-0.2, 0) is 4.79 Å². The number of carboxylic acids is 1. The molecule has 0 aliphatic heterocycles. The van der Waals surface area contributed by atoms with E-state index in [9.17, 15) is 37.4 Å². The van der Waals surface area contributed by atoms with Crippen LogP contribution in [0.1, 0.15) is 60.1 Å². The van der Waals surface area contributed by atoms with Gasteiger partial charge in [0.05, 0.1) is 11.4 Å². The maximum Gasteiger partial charge on any atom is 0.573 e. The molecule has 2 aromatic carbocycles. The number of phenolic OH excluding ortho intramolecular Hbond substituents is 1. The number of carbonyl (C=O) groups excluding carboxylic acids is 1. The first-order valence-corrected chi connectivity index (χ1v) is 10.6. The molecule has 1 atom stereocenters. The fraction of sp³-hybridized carbons (Fsp3) is 0.333. The van der Waals surface area contributed by atoms with Crippen molar-refractivity contribution in [3.8, 4) is 11.5 Å². The zero-order valence-electron chi connectivity index (χ0n) is 18.4. The summed E-state index contributed by atoms with van der Waals surface area (Å²) in [5.41, 5.74) is 0.543. The summed E-state index contributed by atoms with van der Waals surface area (Å²) in [6, 6.07) is 6.22. The number of halogens is 4. The van der Waals surface area contributed by atoms with Crippen LogP contribution in [0, 0.1) is 12.7 Å². The lowest BCUT2D eigenvalue weighted by Crippen LogP contribution is -2.18. The van der Waals surface area contributed by atoms with Crippen molar-refractivity contribution in [2.75, 3.05) is 0 Å². The molecule has 1 aromatic heterocycles. The second kappa shape index (κ2) is 9.74. The van der Waals surface area contributed by atoms with Gasteiger partial charge in [-0.2, -0.15) is 0 Å². The van der Waals surface area contributed by atoms with Gasteiger partial charge in [0.25, 0.3) is 5.91 Å². The van der Waals surface area contributed by atoms with Crippen molar-refractivity contribution in [3.63, 3.8) is 0 Å². The van der Waals surface area contributed by atoms with Crippen LogP contribution in [0.15, 0.2) is 36.4 Å². The van der Waals surface area contributed by atoms with Gasteiger partial charge in [-0.15, -0.1) is 13.2 Å². The highest BCUT2D eigenvalue weighted by Gasteiger charge is 2.32. The summed E-state index contributed by atoms with van der Waals surface area (Å²) >= 11 is 0. The lowest BCUT2D eigenvalue weighted by molar-refractivity contribution is -0.274. The van der Waals surface area contributed by atoms with Gasteiger partial charge in [0.15, 0.2) is 11.6 Å². The van der Waals surface area contributed by atoms with Crippen molar-refractivity contribution in [2.24, 2.45) is 0 Å². The number of phenols is 1. The second-order valence-corrected chi connectivity index (χ2v) is 7.92. The van der Waals surface area contributed by atoms with Gasteiger partial charge >= 0.3 is 12.3 Å². The summed E-state index contributed by atoms with van der Waals surface area (Å²) in [4.78, 5) is 25.4. The lowest BCUT2D eigenvalue weighted by atomic mass is 9.91. The highest BCUT2D eigenvalue weighted by Crippen LogP contribution is 2.38. The van der Waals surface area contributed by atoms with E-state index in [1.165, 1.54) is 6.92 Å². The minimum absolute atomic E-state index is 0.0209. The van der Waals surface area contributed by atoms with E-state index in [1.807, 2.05) is 6.92 Å². The molecule has 3 rings (SSSR count). The third-order valence-corrected chi connectivity index (χ3v) is 5.60. The monoisotopic (exact) mass is 481 g/mol. The molecule has 0 saturated heterocycles. The van der Waals surface area contributed by atoms with Gasteiger partial charge in [0.2, 0.25) is 0 Å². The Labute approximate surface area is 192 Å². The lowest BCUT2D eigenvalue weighted by Gasteiger charge is -2.14. The molecular weight excluding hydrogens is 458 g/mol. The number of unbranched alkanes of at least 4 members (excludes halogenated alkanes) is 2. The molecule has 0 fully saturated rings. The molecule has 1 heterocycles. The van der Waals surface area contributed by atoms with Gasteiger partial charge in [-0.25, -0.2) is 4.39 Å². The number of carboxylic acid groups (broad SMARTS) is 1. The predicted octanol–water partition coefficient (Wildman–Crippen LogP) is 6.13. The number of aromatic hydroxyl groups is 1. The number of aromatic nitrogens is 1. The van der Waals surface area contributed by atoms with Crippen molar-refractivity contribution in [1.29, 1.82) is 0 Å². The van der Waals surface area contributed by atoms with Crippen LogP contribution < -0.4 is 4.74 Å². The first kappa shape index (κ1) is 25.1. The van der Waals surface area contributed by atoms with Crippen molar-refractivity contribution in [2.45, 2.75) is 51.8 Å². The summed E-state index contributed by atoms with van der Waals surface area (Å²) in [7, 11) is 0. The Morgan fingerprint density at radius 1 is 1.12 bits per heavy atom. The van der Waals surface area contributed by atoms with Crippen molar-refractivity contribution >= 4 is 22.8 Å². The predicted molar refractivity (Wildman–Crippen MR) is 116 cm³/mol. The third-order valence-electron chi connectivity index (χ3n) is 5.60. The Hall–Kier alpha value is -3.56. The van der Waals surface area contributed by atoms with Crippen LogP contribution in [-0.4, -0.2) is 33.0 Å². The number of carbonyl (C=O) groups is 2. The molecule has 0 unspecified atom stereocenters. The first-order valence-electron chi connectivity index (χ1n) is 10.6. The van der Waals surface area contributed by atoms with E-state index in [4.69, 9.17) is 0 Å². The van der Waals surface area contributed by atoms with Gasteiger partial charge in [0, 0.05) is 22.7 Å². The van der Waals surface area contributed by atoms with E-state index < -0.39 is 41.5 Å². The third kappa shape index (κ3) is 5.16. The molecular formula is C24H23F4NO5. The number of hydrogen-bond donors (Lipinski definition) is 2. The van der Waals surface area contributed by atoms with Crippen LogP contribution in [0.2, 0.25) is 0 Å². The highest BCUT2D eigenvalue weighted by molar-refractivity contribution is 6.05. The maximum atomic E-state index is 14.2. The van der Waals surface area contributed by atoms with Crippen LogP contribution in [0.5, 0.6) is 11.5 Å². The quantitative estimate of drug-likeness (QED) is 0.299. The smallest absolute Gasteiger partial charge is 0.505 e. The van der Waals surface area contributed by atoms with Crippen molar-refractivity contribution in [3.05, 3.63) is 59.0 Å². The van der Waals surface area contributed by atoms with Crippen LogP contribution >= 0.6 is 0 Å². The van der Waals surface area contributed by atoms with Gasteiger partial charge in [0.1, 0.15) is 5.75 Å². The SMILES string of the molecule is CCCCC[C@H](C(=O)O)c1c(C)n(C(=O)c2ccc(OC(F)(F)F)cc2)c2cc(F)c(O)cc12. The molecule has 3 aromatic rings. The average Bonchev–Trinajstić information content (AvgIpc) is 3.01. The Morgan fingerprint density at radius 2 is 1.76 bits per heavy atom. The normalized spacial score (nSPS) is 12.6. The minimum Gasteiger partial charge on any atom is -0.505 e. The van der Waals surface area contributed by atoms with Gasteiger partial charge in [-0.1, -0.05) is 26.2 Å². The van der Waals surface area contributed by atoms with Crippen molar-refractivity contribution < 1.29 is 42.1 Å². The zero-order valence-corrected chi connectivity index (χ0v) is 18.4. The van der Waals surface area contributed by atoms with Crippen LogP contribution in [0.25, 0.3) is 10.9 Å². The molecule has 10 heteroatoms. The minimum atomic E-state index is -4.89. The topological polar surface area (TPSA) is 88.8 Å². The summed E-state index contributed by atoms with van der Waals surface area (Å²) < 4.78 is 56.4. The van der Waals surface area contributed by atoms with E-state index in [-0.39, 0.29) is 34.1 Å². The first-order chi connectivity index (χ1) is 15.9. The zero-order chi connectivity index (χ0) is 25.2. The van der Waals surface area contributed by atoms with Gasteiger partial charge in [-0.3, -0.25) is 14.2 Å². The summed E-state index contributed by atoms with van der Waals surface area (Å²) in [5, 5.41) is 20.0. The molecule has 2 N–H and O–H groups in total. The molecule has 0 aliphatic carbocycles. The highest BCUT2D eigenvalue weighted by atomic mass is 19.4. The number of aliphatic carboxylic acids is 1. The second-order valence-electron chi connectivity index (χ2n) is 7.92. The number of benzene rings is 2. The fourth-order valence-corrected chi connectivity index (χ4v) is 4.07. The maximum absolute atomic E-state index is 14.2. The Bertz CT molecular complexity index is 1220. The standard InChI is InChI=1S/C24H23F4NO5/c1-3-4-5-6-16(23(32)33)21-13(2)29(19-12-18(25)20(30)11-17(19)21)22(31)14-7-9-15(10-8-14)34-24(26,27)28/h7-12,16,30H,3-6H2,1-2H3,(H,32,33)/t16-/m0/s1. The molecule has 0 bridgehead atoms. The van der Waals surface area contributed by atoms with E-state index in [0.29, 0.717) is 6.42 Å². The Balaban J connectivity index is 2.14. The fourth-order valence-electron chi connectivity index (χ4n) is 4.07. The van der Waals surface area contributed by atoms with Gasteiger partial charge in [-0.05, 0) is 49.2 Å². The molecule has 0 radical (unpaired) electrons. The largest absolute Gasteiger partial charge is 0.573 e. The Kier molecular flexibility index (Phi) is 7.18. The average molecular weight is 481 g/mol. The molecule has 182 valence electrons. The summed E-state index contributed by atoms with van der Waals surface area (Å²) in [6.07, 6.45) is -2.34. The number of ether oxygens (including phenoxy) is 1. The Morgan fingerprint density at radius 3 is 2.32 bits per heavy atom. The van der Waals surface area contributed by atoms with E-state index >= 15 is 0 Å². The molecule has 0 amide bonds. The molecule has 0 aliphatic rings. The molecule has 0 saturated carbocycles. The summed E-state index contributed by atoms with van der Waals surface area (Å²) in [6.45, 7) is 3.48. The van der Waals surface area contributed by atoms with E-state index in [2.05, 4.69) is 4.74 Å². The van der Waals surface area contributed by atoms with Gasteiger partial charge < -0.3 is 14.9 Å². The van der Waals surface area contributed by atoms with Crippen LogP contribution in [0.3, 0.4) is 0 Å². The molecule has 34 heavy (non-hydrogen) atoms. The molecule has 0 spiro atoms. The van der Waals surface area contributed by atoms with E-state index in [0.717, 1.165) is 53.8 Å². The van der Waals surface area contributed by atoms with Crippen LogP contribution in [0.4, 0.5) is 17.6 Å². The number of nitrogens with zero attached hydrogens (tertiary/aromatic N) is 1. The molecule has 6 nitrogen and oxygen atoms in total. The number of fused-ring (bicyclic) bond motifs is 1. The van der Waals surface area contributed by atoms with E-state index in [1.54, 1.807) is 0 Å². The van der Waals surface area contributed by atoms with Crippen molar-refractivity contribution in [1.82, 2.24) is 4.57 Å².